The van der Waals surface area contributed by atoms with E-state index in [4.69, 9.17) is 16.3 Å². The third kappa shape index (κ3) is 6.28. The van der Waals surface area contributed by atoms with Crippen LogP contribution in [0.4, 0.5) is 4.79 Å². The number of ether oxygens (including phenoxy) is 1. The van der Waals surface area contributed by atoms with Crippen molar-refractivity contribution in [2.24, 2.45) is 0 Å². The first-order valence-corrected chi connectivity index (χ1v) is 9.60. The Balaban J connectivity index is 2.20. The minimum atomic E-state index is -0.584. The number of benzene rings is 1. The van der Waals surface area contributed by atoms with Crippen LogP contribution in [0.5, 0.6) is 0 Å². The number of likely N-dealkylation sites (tertiary alicyclic amines) is 1. The summed E-state index contributed by atoms with van der Waals surface area (Å²) in [5.74, 6) is -0.0259. The SMILES string of the molecule is CN(C)/C=C(\Cc1ccc(Cl)cc1)C(=O)[C@H]1CCCN1C(=O)OC(C)(C)C. The van der Waals surface area contributed by atoms with Crippen molar-refractivity contribution < 1.29 is 14.3 Å². The van der Waals surface area contributed by atoms with Gasteiger partial charge in [0.15, 0.2) is 5.78 Å². The van der Waals surface area contributed by atoms with Crippen LogP contribution < -0.4 is 0 Å². The van der Waals surface area contributed by atoms with Crippen molar-refractivity contribution >= 4 is 23.5 Å². The molecule has 148 valence electrons. The minimum Gasteiger partial charge on any atom is -0.444 e. The number of hydrogen-bond donors (Lipinski definition) is 0. The number of nitrogens with zero attached hydrogens (tertiary/aromatic N) is 2. The first-order chi connectivity index (χ1) is 12.6. The van der Waals surface area contributed by atoms with E-state index in [1.54, 1.807) is 4.90 Å². The molecule has 0 unspecified atom stereocenters. The lowest BCUT2D eigenvalue weighted by Gasteiger charge is -2.28. The molecule has 1 atom stereocenters. The molecule has 1 aromatic carbocycles. The zero-order chi connectivity index (χ0) is 20.2. The average Bonchev–Trinajstić information content (AvgIpc) is 3.03. The van der Waals surface area contributed by atoms with Crippen LogP contribution in [-0.2, 0) is 16.0 Å². The summed E-state index contributed by atoms with van der Waals surface area (Å²) in [4.78, 5) is 29.2. The molecule has 0 N–H and O–H groups in total. The predicted molar refractivity (Wildman–Crippen MR) is 108 cm³/mol. The summed E-state index contributed by atoms with van der Waals surface area (Å²) >= 11 is 5.96. The highest BCUT2D eigenvalue weighted by atomic mass is 35.5. The van der Waals surface area contributed by atoms with Crippen LogP contribution in [-0.4, -0.2) is 54.0 Å². The second-order valence-corrected chi connectivity index (χ2v) is 8.55. The Hall–Kier alpha value is -2.01. The molecular formula is C21H29ClN2O3. The van der Waals surface area contributed by atoms with E-state index >= 15 is 0 Å². The molecule has 1 heterocycles. The molecule has 27 heavy (non-hydrogen) atoms. The van der Waals surface area contributed by atoms with Gasteiger partial charge in [0, 0.05) is 43.9 Å². The van der Waals surface area contributed by atoms with E-state index in [0.717, 1.165) is 12.0 Å². The van der Waals surface area contributed by atoms with Crippen molar-refractivity contribution in [3.63, 3.8) is 0 Å². The molecule has 2 rings (SSSR count). The van der Waals surface area contributed by atoms with Gasteiger partial charge in [-0.3, -0.25) is 9.69 Å². The smallest absolute Gasteiger partial charge is 0.410 e. The fourth-order valence-electron chi connectivity index (χ4n) is 3.12. The van der Waals surface area contributed by atoms with Crippen LogP contribution in [0.15, 0.2) is 36.0 Å². The third-order valence-corrected chi connectivity index (χ3v) is 4.47. The van der Waals surface area contributed by atoms with E-state index in [1.807, 2.05) is 70.2 Å². The monoisotopic (exact) mass is 392 g/mol. The fourth-order valence-corrected chi connectivity index (χ4v) is 3.25. The highest BCUT2D eigenvalue weighted by Gasteiger charge is 2.37. The maximum atomic E-state index is 13.3. The molecule has 1 aromatic rings. The molecule has 1 amide bonds. The number of rotatable bonds is 5. The number of carbonyl (C=O) groups excluding carboxylic acids is 2. The van der Waals surface area contributed by atoms with Gasteiger partial charge < -0.3 is 9.64 Å². The van der Waals surface area contributed by atoms with E-state index in [0.29, 0.717) is 30.0 Å². The Labute approximate surface area is 166 Å². The van der Waals surface area contributed by atoms with Crippen molar-refractivity contribution in [1.82, 2.24) is 9.80 Å². The van der Waals surface area contributed by atoms with Gasteiger partial charge in [0.1, 0.15) is 5.60 Å². The van der Waals surface area contributed by atoms with E-state index in [-0.39, 0.29) is 5.78 Å². The lowest BCUT2D eigenvalue weighted by Crippen LogP contribution is -2.44. The van der Waals surface area contributed by atoms with Gasteiger partial charge in [0.2, 0.25) is 0 Å². The molecule has 0 aliphatic carbocycles. The lowest BCUT2D eigenvalue weighted by molar-refractivity contribution is -0.119. The Kier molecular flexibility index (Phi) is 6.93. The molecule has 0 bridgehead atoms. The first-order valence-electron chi connectivity index (χ1n) is 9.22. The molecule has 0 radical (unpaired) electrons. The number of ketones is 1. The van der Waals surface area contributed by atoms with Crippen LogP contribution in [0.3, 0.4) is 0 Å². The van der Waals surface area contributed by atoms with Crippen LogP contribution in [0.25, 0.3) is 0 Å². The third-order valence-electron chi connectivity index (χ3n) is 4.22. The van der Waals surface area contributed by atoms with Crippen molar-refractivity contribution in [2.45, 2.75) is 51.7 Å². The Morgan fingerprint density at radius 1 is 1.26 bits per heavy atom. The molecule has 0 spiro atoms. The topological polar surface area (TPSA) is 49.9 Å². The van der Waals surface area contributed by atoms with Gasteiger partial charge in [-0.2, -0.15) is 0 Å². The molecule has 1 aliphatic rings. The average molecular weight is 393 g/mol. The molecular weight excluding hydrogens is 364 g/mol. The van der Waals surface area contributed by atoms with Gasteiger partial charge in [-0.05, 0) is 51.3 Å². The summed E-state index contributed by atoms with van der Waals surface area (Å²) < 4.78 is 5.48. The van der Waals surface area contributed by atoms with E-state index in [9.17, 15) is 9.59 Å². The van der Waals surface area contributed by atoms with Crippen molar-refractivity contribution in [1.29, 1.82) is 0 Å². The van der Waals surface area contributed by atoms with Gasteiger partial charge >= 0.3 is 6.09 Å². The number of Topliss-reactive ketones (excluding diaryl/α,β-unsaturated/α-hetero) is 1. The summed E-state index contributed by atoms with van der Waals surface area (Å²) in [5.41, 5.74) is 1.09. The van der Waals surface area contributed by atoms with Gasteiger partial charge in [-0.15, -0.1) is 0 Å². The van der Waals surface area contributed by atoms with E-state index in [1.165, 1.54) is 0 Å². The molecule has 0 aromatic heterocycles. The quantitative estimate of drug-likeness (QED) is 0.701. The van der Waals surface area contributed by atoms with E-state index < -0.39 is 17.7 Å². The fraction of sp³-hybridized carbons (Fsp3) is 0.524. The predicted octanol–water partition coefficient (Wildman–Crippen LogP) is 4.30. The van der Waals surface area contributed by atoms with Gasteiger partial charge in [-0.25, -0.2) is 4.79 Å². The maximum Gasteiger partial charge on any atom is 0.410 e. The normalized spacial score (nSPS) is 17.8. The number of carbonyl (C=O) groups is 2. The number of halogens is 1. The zero-order valence-electron chi connectivity index (χ0n) is 16.8. The van der Waals surface area contributed by atoms with Crippen molar-refractivity contribution in [2.75, 3.05) is 20.6 Å². The van der Waals surface area contributed by atoms with Crippen LogP contribution in [0.1, 0.15) is 39.2 Å². The van der Waals surface area contributed by atoms with Crippen molar-refractivity contribution in [3.05, 3.63) is 46.6 Å². The summed E-state index contributed by atoms with van der Waals surface area (Å²) in [6, 6.07) is 6.99. The first kappa shape index (κ1) is 21.3. The molecule has 5 nitrogen and oxygen atoms in total. The molecule has 1 fully saturated rings. The van der Waals surface area contributed by atoms with Crippen LogP contribution >= 0.6 is 11.6 Å². The molecule has 1 saturated heterocycles. The minimum absolute atomic E-state index is 0.0259. The second kappa shape index (κ2) is 8.79. The molecule has 0 saturated carbocycles. The maximum absolute atomic E-state index is 13.3. The highest BCUT2D eigenvalue weighted by molar-refractivity contribution is 6.30. The number of amides is 1. The summed E-state index contributed by atoms with van der Waals surface area (Å²) in [6.07, 6.45) is 3.36. The standard InChI is InChI=1S/C21H29ClN2O3/c1-21(2,3)27-20(26)24-12-6-7-18(24)19(25)16(14-23(4)5)13-15-8-10-17(22)11-9-15/h8-11,14,18H,6-7,12-13H2,1-5H3/b16-14+/t18-/m1/s1. The largest absolute Gasteiger partial charge is 0.444 e. The van der Waals surface area contributed by atoms with E-state index in [2.05, 4.69) is 0 Å². The van der Waals surface area contributed by atoms with Gasteiger partial charge in [0.25, 0.3) is 0 Å². The summed E-state index contributed by atoms with van der Waals surface area (Å²) in [7, 11) is 3.77. The Morgan fingerprint density at radius 3 is 2.44 bits per heavy atom. The van der Waals surface area contributed by atoms with Gasteiger partial charge in [-0.1, -0.05) is 23.7 Å². The Bertz CT molecular complexity index is 705. The van der Waals surface area contributed by atoms with Crippen LogP contribution in [0, 0.1) is 0 Å². The molecule has 1 aliphatic heterocycles. The summed E-state index contributed by atoms with van der Waals surface area (Å²) in [5, 5.41) is 0.662. The lowest BCUT2D eigenvalue weighted by atomic mass is 9.96. The molecule has 6 heteroatoms. The summed E-state index contributed by atoms with van der Waals surface area (Å²) in [6.45, 7) is 6.03. The zero-order valence-corrected chi connectivity index (χ0v) is 17.5. The van der Waals surface area contributed by atoms with Crippen molar-refractivity contribution in [3.8, 4) is 0 Å². The highest BCUT2D eigenvalue weighted by Crippen LogP contribution is 2.25. The second-order valence-electron chi connectivity index (χ2n) is 8.12. The Morgan fingerprint density at radius 2 is 1.89 bits per heavy atom. The van der Waals surface area contributed by atoms with Gasteiger partial charge in [0.05, 0.1) is 6.04 Å². The van der Waals surface area contributed by atoms with Crippen LogP contribution in [0.2, 0.25) is 5.02 Å². The number of hydrogen-bond acceptors (Lipinski definition) is 4.